The Kier molecular flexibility index (Phi) is 25.3. The number of benzene rings is 6. The molecule has 1 fully saturated rings. The molecule has 0 spiro atoms. The van der Waals surface area contributed by atoms with E-state index in [4.69, 9.17) is 52.9 Å². The molecule has 1 aliphatic rings. The van der Waals surface area contributed by atoms with Crippen LogP contribution in [0, 0.1) is 5.92 Å². The summed E-state index contributed by atoms with van der Waals surface area (Å²) in [6.07, 6.45) is 20.2. The highest BCUT2D eigenvalue weighted by molar-refractivity contribution is 5.86. The largest absolute Gasteiger partial charge is 0.497 e. The average molecular weight is 1480 g/mol. The van der Waals surface area contributed by atoms with Crippen LogP contribution in [0.5, 0.6) is 34.5 Å². The van der Waals surface area contributed by atoms with Crippen LogP contribution in [0.3, 0.4) is 0 Å². The Bertz CT molecular complexity index is 5080. The van der Waals surface area contributed by atoms with Gasteiger partial charge in [0.05, 0.1) is 137 Å². The number of nitrogens with zero attached hydrogens (tertiary/aromatic N) is 18. The van der Waals surface area contributed by atoms with Crippen molar-refractivity contribution in [2.24, 2.45) is 20.0 Å². The fourth-order valence-corrected chi connectivity index (χ4v) is 12.9. The van der Waals surface area contributed by atoms with Gasteiger partial charge in [-0.2, -0.15) is 15.3 Å². The van der Waals surface area contributed by atoms with Crippen LogP contribution in [0.25, 0.3) is 66.9 Å². The number of nitrogens with one attached hydrogen (secondary N) is 2. The molecule has 6 aromatic carbocycles. The molecule has 1 saturated heterocycles. The summed E-state index contributed by atoms with van der Waals surface area (Å²) in [5.41, 5.74) is 15.7. The van der Waals surface area contributed by atoms with Gasteiger partial charge in [-0.25, -0.2) is 15.0 Å². The molecule has 0 atom stereocenters. The molecule has 1 aliphatic heterocycles. The molecular formula is C81H96N20O8. The maximum absolute atomic E-state index is 9.06. The van der Waals surface area contributed by atoms with Gasteiger partial charge in [0, 0.05) is 183 Å². The normalized spacial score (nSPS) is 12.4. The summed E-state index contributed by atoms with van der Waals surface area (Å²) in [4.78, 5) is 37.7. The first-order chi connectivity index (χ1) is 53.0. The Balaban J connectivity index is 0.000000153. The number of piperidine rings is 1. The molecule has 3 N–H and O–H groups in total. The Morgan fingerprint density at radius 3 is 1.30 bits per heavy atom. The molecule has 14 rings (SSSR count). The molecule has 568 valence electrons. The van der Waals surface area contributed by atoms with Crippen molar-refractivity contribution >= 4 is 73.2 Å². The smallest absolute Gasteiger partial charge is 0.315 e. The van der Waals surface area contributed by atoms with Crippen LogP contribution in [0.15, 0.2) is 169 Å². The molecule has 0 amide bonds. The molecule has 0 radical (unpaired) electrons. The van der Waals surface area contributed by atoms with Gasteiger partial charge in [-0.3, -0.25) is 29.0 Å². The zero-order valence-corrected chi connectivity index (χ0v) is 64.2. The van der Waals surface area contributed by atoms with E-state index in [1.165, 1.54) is 25.9 Å². The average Bonchev–Trinajstić information content (AvgIpc) is 1.35. The van der Waals surface area contributed by atoms with E-state index in [9.17, 15) is 0 Å². The lowest BCUT2D eigenvalue weighted by Gasteiger charge is -2.35. The van der Waals surface area contributed by atoms with Crippen molar-refractivity contribution in [2.45, 2.75) is 79.1 Å². The predicted molar refractivity (Wildman–Crippen MR) is 425 cm³/mol. The van der Waals surface area contributed by atoms with E-state index in [1.807, 2.05) is 122 Å². The van der Waals surface area contributed by atoms with Gasteiger partial charge in [-0.05, 0) is 114 Å². The zero-order chi connectivity index (χ0) is 76.5. The molecule has 28 heteroatoms. The van der Waals surface area contributed by atoms with Gasteiger partial charge in [0.2, 0.25) is 5.89 Å². The number of aliphatic hydroxyl groups excluding tert-OH is 1. The number of hydrogen-bond donors (Lipinski definition) is 3. The molecule has 28 nitrogen and oxygen atoms in total. The SMILES string of the molecule is CCn1cc(-c2cnc3ccc(N(CCNC(C)C)c4cc(OC)cc(OC)c4)cc3n2)cn1.COc1cc(OC)cc(N(CCC2CCN(C(C)C)CC2)c2ccc3ncc(-c4cnn(C)c4)nc3c2)c1.COc1cc(OC)cc(N(Cc2nnc(NCCO)o2)c2ccc3ncc(-c4cnn(C)c4)nc3c2)c1. The number of aromatic nitrogens is 14. The van der Waals surface area contributed by atoms with Gasteiger partial charge >= 0.3 is 6.01 Å². The fraction of sp³-hybridized carbons (Fsp3) is 0.346. The zero-order valence-electron chi connectivity index (χ0n) is 64.2. The minimum Gasteiger partial charge on any atom is -0.497 e. The van der Waals surface area contributed by atoms with Crippen LogP contribution in [0.4, 0.5) is 40.1 Å². The Hall–Kier alpha value is -12.0. The van der Waals surface area contributed by atoms with Crippen LogP contribution in [-0.2, 0) is 27.2 Å². The summed E-state index contributed by atoms with van der Waals surface area (Å²) in [7, 11) is 13.7. The van der Waals surface area contributed by atoms with Crippen LogP contribution in [-0.4, -0.2) is 180 Å². The Morgan fingerprint density at radius 1 is 0.486 bits per heavy atom. The van der Waals surface area contributed by atoms with Crippen LogP contribution in [0.2, 0.25) is 0 Å². The highest BCUT2D eigenvalue weighted by Gasteiger charge is 2.25. The van der Waals surface area contributed by atoms with Crippen LogP contribution in [0.1, 0.15) is 59.8 Å². The number of rotatable bonds is 29. The molecule has 0 saturated carbocycles. The lowest BCUT2D eigenvalue weighted by atomic mass is 9.92. The molecule has 13 aromatic rings. The van der Waals surface area contributed by atoms with Crippen molar-refractivity contribution < 1.29 is 37.9 Å². The second kappa shape index (κ2) is 36.1. The number of hydrogen-bond acceptors (Lipinski definition) is 25. The summed E-state index contributed by atoms with van der Waals surface area (Å²) < 4.78 is 44.4. The van der Waals surface area contributed by atoms with Gasteiger partial charge in [-0.15, -0.1) is 5.10 Å². The molecule has 0 aliphatic carbocycles. The van der Waals surface area contributed by atoms with Crippen molar-refractivity contribution in [1.82, 2.24) is 79.7 Å². The number of methoxy groups -OCH3 is 6. The third-order valence-corrected chi connectivity index (χ3v) is 18.9. The Labute approximate surface area is 634 Å². The molecule has 109 heavy (non-hydrogen) atoms. The van der Waals surface area contributed by atoms with E-state index in [-0.39, 0.29) is 19.2 Å². The number of fused-ring (bicyclic) bond motifs is 3. The highest BCUT2D eigenvalue weighted by Crippen LogP contribution is 2.39. The number of aliphatic hydroxyl groups is 1. The lowest BCUT2D eigenvalue weighted by molar-refractivity contribution is 0.146. The topological polar surface area (TPSA) is 282 Å². The number of ether oxygens (including phenoxy) is 6. The first kappa shape index (κ1) is 76.6. The van der Waals surface area contributed by atoms with Crippen LogP contribution >= 0.6 is 0 Å². The van der Waals surface area contributed by atoms with Crippen molar-refractivity contribution in [1.29, 1.82) is 0 Å². The number of likely N-dealkylation sites (tertiary alicyclic amines) is 1. The van der Waals surface area contributed by atoms with Gasteiger partial charge in [0.1, 0.15) is 41.0 Å². The molecule has 8 heterocycles. The van der Waals surface area contributed by atoms with Gasteiger partial charge in [-0.1, -0.05) is 18.9 Å². The first-order valence-corrected chi connectivity index (χ1v) is 36.5. The maximum Gasteiger partial charge on any atom is 0.315 e. The monoisotopic (exact) mass is 1480 g/mol. The van der Waals surface area contributed by atoms with Crippen molar-refractivity contribution in [3.05, 3.63) is 171 Å². The lowest BCUT2D eigenvalue weighted by Crippen LogP contribution is -2.39. The van der Waals surface area contributed by atoms with E-state index in [0.29, 0.717) is 41.9 Å². The number of aryl methyl sites for hydroxylation is 3. The second-order valence-electron chi connectivity index (χ2n) is 26.9. The van der Waals surface area contributed by atoms with Crippen molar-refractivity contribution in [3.8, 4) is 68.3 Å². The van der Waals surface area contributed by atoms with E-state index in [0.717, 1.165) is 157 Å². The predicted octanol–water partition coefficient (Wildman–Crippen LogP) is 13.5. The van der Waals surface area contributed by atoms with Gasteiger partial charge in [0.25, 0.3) is 0 Å². The summed E-state index contributed by atoms with van der Waals surface area (Å²) >= 11 is 0. The fourth-order valence-electron chi connectivity index (χ4n) is 12.9. The van der Waals surface area contributed by atoms with E-state index < -0.39 is 0 Å². The van der Waals surface area contributed by atoms with E-state index >= 15 is 0 Å². The molecule has 7 aromatic heterocycles. The van der Waals surface area contributed by atoms with Crippen molar-refractivity contribution in [2.75, 3.05) is 109 Å². The minimum absolute atomic E-state index is 0.0490. The molecule has 0 bridgehead atoms. The quantitative estimate of drug-likeness (QED) is 0.0393. The van der Waals surface area contributed by atoms with Gasteiger partial charge < -0.3 is 68.2 Å². The van der Waals surface area contributed by atoms with E-state index in [2.05, 4.69) is 143 Å². The van der Waals surface area contributed by atoms with Crippen LogP contribution < -0.4 is 53.8 Å². The highest BCUT2D eigenvalue weighted by atomic mass is 16.5. The first-order valence-electron chi connectivity index (χ1n) is 36.5. The molecule has 0 unspecified atom stereocenters. The standard InChI is InChI=1S/C30H38N6O2.C26H32N6O2.C25H26N8O4/c1-21(2)35-11-8-22(9-12-35)10-13-36(25-14-26(37-4)17-27(15-25)38-5)24-6-7-28-29(16-24)33-30(19-31-28)23-18-32-34(3)20-23;1-6-31-17-19(15-29-31)26-16-28-24-8-7-20(13-25(24)30-26)32(10-9-27-18(2)3)21-11-22(33-4)14-23(12-21)34-5;1-32-14-16(12-28-32)23-13-27-21-5-4-17(10-22(21)29-23)33(15-24-30-31-25(37-24)26-6-7-34)18-8-19(35-2)11-20(9-18)36-3/h6-7,14-22H,8-13H2,1-5H3;7-8,11-18,27H,6,9-10H2,1-5H3;4-5,8-14,34H,6-7,15H2,1-3H3,(H,26,31). The summed E-state index contributed by atoms with van der Waals surface area (Å²) in [6, 6.07) is 37.1. The number of anilines is 7. The second-order valence-corrected chi connectivity index (χ2v) is 26.9. The third-order valence-electron chi connectivity index (χ3n) is 18.9. The maximum atomic E-state index is 9.06. The van der Waals surface area contributed by atoms with Crippen molar-refractivity contribution in [3.63, 3.8) is 0 Å². The summed E-state index contributed by atoms with van der Waals surface area (Å²) in [5.74, 6) is 5.38. The minimum atomic E-state index is -0.0490. The molecular weight excluding hydrogens is 1380 g/mol. The Morgan fingerprint density at radius 2 is 0.908 bits per heavy atom. The van der Waals surface area contributed by atoms with Gasteiger partial charge in [0.15, 0.2) is 0 Å². The third kappa shape index (κ3) is 19.4. The summed E-state index contributed by atoms with van der Waals surface area (Å²) in [6.45, 7) is 17.1. The summed E-state index contributed by atoms with van der Waals surface area (Å²) in [5, 5.41) is 36.5. The van der Waals surface area contributed by atoms with E-state index in [1.54, 1.807) is 76.7 Å².